The molecule has 0 radical (unpaired) electrons. The number of benzene rings is 2. The van der Waals surface area contributed by atoms with Crippen LogP contribution in [0.3, 0.4) is 0 Å². The monoisotopic (exact) mass is 543 g/mol. The summed E-state index contributed by atoms with van der Waals surface area (Å²) >= 11 is 0. The number of hydrogen-bond acceptors (Lipinski definition) is 4. The molecule has 0 aromatic heterocycles. The van der Waals surface area contributed by atoms with Crippen LogP contribution in [0, 0.1) is 0 Å². The predicted octanol–water partition coefficient (Wildman–Crippen LogP) is 2.50. The predicted molar refractivity (Wildman–Crippen MR) is 133 cm³/mol. The van der Waals surface area contributed by atoms with Gasteiger partial charge in [-0.25, -0.2) is 12.7 Å². The normalized spacial score (nSPS) is 17.0. The zero-order valence-corrected chi connectivity index (χ0v) is 20.7. The van der Waals surface area contributed by atoms with E-state index in [1.54, 1.807) is 19.2 Å². The van der Waals surface area contributed by atoms with Crippen LogP contribution in [0.15, 0.2) is 64.5 Å². The molecule has 9 heteroatoms. The molecule has 0 aliphatic carbocycles. The molecule has 1 unspecified atom stereocenters. The topological polar surface area (TPSA) is 77.0 Å². The molecule has 30 heavy (non-hydrogen) atoms. The molecule has 1 heterocycles. The first-order valence-corrected chi connectivity index (χ1v) is 11.1. The molecule has 7 nitrogen and oxygen atoms in total. The fraction of sp³-hybridized carbons (Fsp3) is 0.381. The second kappa shape index (κ2) is 11.0. The maximum atomic E-state index is 12.2. The van der Waals surface area contributed by atoms with Crippen LogP contribution >= 0.6 is 24.0 Å². The van der Waals surface area contributed by atoms with Gasteiger partial charge in [-0.3, -0.25) is 4.99 Å². The van der Waals surface area contributed by atoms with Crippen molar-refractivity contribution < 1.29 is 8.42 Å². The Bertz CT molecular complexity index is 934. The summed E-state index contributed by atoms with van der Waals surface area (Å²) in [4.78, 5) is 6.98. The lowest BCUT2D eigenvalue weighted by Crippen LogP contribution is -2.44. The fourth-order valence-electron chi connectivity index (χ4n) is 3.32. The molecular weight excluding hydrogens is 513 g/mol. The summed E-state index contributed by atoms with van der Waals surface area (Å²) in [6.07, 6.45) is 1.05. The molecule has 2 aromatic carbocycles. The fourth-order valence-corrected chi connectivity index (χ4v) is 4.22. The Morgan fingerprint density at radius 1 is 1.13 bits per heavy atom. The highest BCUT2D eigenvalue weighted by atomic mass is 127. The van der Waals surface area contributed by atoms with Gasteiger partial charge in [-0.2, -0.15) is 0 Å². The van der Waals surface area contributed by atoms with Gasteiger partial charge in [0, 0.05) is 52.5 Å². The summed E-state index contributed by atoms with van der Waals surface area (Å²) < 4.78 is 25.5. The minimum Gasteiger partial charge on any atom is -0.369 e. The standard InChI is InChI=1S/C21H29N5O2S.HI/c1-22-21(24-18-13-14-26(16-18)19-7-5-4-6-8-19)23-15-17-9-11-20(12-10-17)29(27,28)25(2)3;/h4-12,18H,13-16H2,1-3H3,(H2,22,23,24);1H. The van der Waals surface area contributed by atoms with Crippen LogP contribution in [0.4, 0.5) is 5.69 Å². The number of rotatable bonds is 6. The molecule has 164 valence electrons. The maximum absolute atomic E-state index is 12.2. The van der Waals surface area contributed by atoms with Gasteiger partial charge in [-0.1, -0.05) is 30.3 Å². The van der Waals surface area contributed by atoms with Gasteiger partial charge in [0.2, 0.25) is 10.0 Å². The van der Waals surface area contributed by atoms with Crippen LogP contribution in [-0.2, 0) is 16.6 Å². The molecule has 2 aromatic rings. The number of anilines is 1. The summed E-state index contributed by atoms with van der Waals surface area (Å²) in [5, 5.41) is 6.79. The average Bonchev–Trinajstić information content (AvgIpc) is 3.20. The van der Waals surface area contributed by atoms with Crippen molar-refractivity contribution in [2.45, 2.75) is 23.9 Å². The number of hydrogen-bond donors (Lipinski definition) is 2. The number of para-hydroxylation sites is 1. The molecule has 1 aliphatic heterocycles. The summed E-state index contributed by atoms with van der Waals surface area (Å²) in [5.74, 6) is 0.745. The van der Waals surface area contributed by atoms with Crippen molar-refractivity contribution in [2.24, 2.45) is 4.99 Å². The summed E-state index contributed by atoms with van der Waals surface area (Å²) in [6, 6.07) is 17.7. The van der Waals surface area contributed by atoms with E-state index in [0.717, 1.165) is 31.0 Å². The highest BCUT2D eigenvalue weighted by molar-refractivity contribution is 14.0. The van der Waals surface area contributed by atoms with E-state index in [-0.39, 0.29) is 24.0 Å². The molecular formula is C21H30IN5O2S. The van der Waals surface area contributed by atoms with E-state index in [1.807, 2.05) is 18.2 Å². The van der Waals surface area contributed by atoms with E-state index < -0.39 is 10.0 Å². The third kappa shape index (κ3) is 6.08. The van der Waals surface area contributed by atoms with Gasteiger partial charge < -0.3 is 15.5 Å². The Balaban J connectivity index is 0.00000320. The quantitative estimate of drug-likeness (QED) is 0.333. The van der Waals surface area contributed by atoms with Gasteiger partial charge in [0.05, 0.1) is 4.90 Å². The highest BCUT2D eigenvalue weighted by Crippen LogP contribution is 2.19. The number of sulfonamides is 1. The summed E-state index contributed by atoms with van der Waals surface area (Å²) in [5.41, 5.74) is 2.23. The molecule has 0 bridgehead atoms. The molecule has 0 amide bonds. The van der Waals surface area contributed by atoms with Gasteiger partial charge in [-0.05, 0) is 36.2 Å². The first-order valence-electron chi connectivity index (χ1n) is 9.69. The number of nitrogens with one attached hydrogen (secondary N) is 2. The Kier molecular flexibility index (Phi) is 8.92. The van der Waals surface area contributed by atoms with Crippen molar-refractivity contribution in [2.75, 3.05) is 39.1 Å². The minimum atomic E-state index is -3.40. The van der Waals surface area contributed by atoms with E-state index in [0.29, 0.717) is 17.5 Å². The van der Waals surface area contributed by atoms with Gasteiger partial charge in [0.1, 0.15) is 0 Å². The number of nitrogens with zero attached hydrogens (tertiary/aromatic N) is 3. The first kappa shape index (κ1) is 24.4. The summed E-state index contributed by atoms with van der Waals surface area (Å²) in [6.45, 7) is 2.51. The van der Waals surface area contributed by atoms with Crippen molar-refractivity contribution in [1.29, 1.82) is 0 Å². The smallest absolute Gasteiger partial charge is 0.242 e. The average molecular weight is 543 g/mol. The zero-order valence-electron chi connectivity index (χ0n) is 17.6. The van der Waals surface area contributed by atoms with Gasteiger partial charge in [0.25, 0.3) is 0 Å². The molecule has 3 rings (SSSR count). The molecule has 0 spiro atoms. The first-order chi connectivity index (χ1) is 13.9. The van der Waals surface area contributed by atoms with Gasteiger partial charge in [-0.15, -0.1) is 24.0 Å². The van der Waals surface area contributed by atoms with E-state index in [4.69, 9.17) is 0 Å². The van der Waals surface area contributed by atoms with Crippen molar-refractivity contribution in [3.05, 3.63) is 60.2 Å². The zero-order chi connectivity index (χ0) is 20.9. The Morgan fingerprint density at radius 3 is 2.40 bits per heavy atom. The SMILES string of the molecule is CN=C(NCc1ccc(S(=O)(=O)N(C)C)cc1)NC1CCN(c2ccccc2)C1.I. The van der Waals surface area contributed by atoms with Crippen LogP contribution in [0.5, 0.6) is 0 Å². The Morgan fingerprint density at radius 2 is 1.80 bits per heavy atom. The van der Waals surface area contributed by atoms with Crippen molar-refractivity contribution in [3.8, 4) is 0 Å². The van der Waals surface area contributed by atoms with E-state index >= 15 is 0 Å². The highest BCUT2D eigenvalue weighted by Gasteiger charge is 2.23. The molecule has 1 saturated heterocycles. The lowest BCUT2D eigenvalue weighted by atomic mass is 10.2. The third-order valence-electron chi connectivity index (χ3n) is 5.04. The van der Waals surface area contributed by atoms with Gasteiger partial charge in [0.15, 0.2) is 5.96 Å². The Labute approximate surface area is 196 Å². The molecule has 2 N–H and O–H groups in total. The van der Waals surface area contributed by atoms with Crippen molar-refractivity contribution >= 4 is 45.6 Å². The van der Waals surface area contributed by atoms with Crippen LogP contribution < -0.4 is 15.5 Å². The molecule has 1 aliphatic rings. The number of guanidine groups is 1. The van der Waals surface area contributed by atoms with Crippen molar-refractivity contribution in [3.63, 3.8) is 0 Å². The van der Waals surface area contributed by atoms with Crippen LogP contribution in [0.25, 0.3) is 0 Å². The second-order valence-electron chi connectivity index (χ2n) is 7.27. The van der Waals surface area contributed by atoms with Crippen LogP contribution in [0.1, 0.15) is 12.0 Å². The summed E-state index contributed by atoms with van der Waals surface area (Å²) in [7, 11) is 1.41. The molecule has 1 fully saturated rings. The maximum Gasteiger partial charge on any atom is 0.242 e. The second-order valence-corrected chi connectivity index (χ2v) is 9.42. The van der Waals surface area contributed by atoms with Gasteiger partial charge >= 0.3 is 0 Å². The van der Waals surface area contributed by atoms with E-state index in [1.165, 1.54) is 24.1 Å². The lowest BCUT2D eigenvalue weighted by molar-refractivity contribution is 0.520. The van der Waals surface area contributed by atoms with E-state index in [2.05, 4.69) is 44.8 Å². The van der Waals surface area contributed by atoms with Crippen LogP contribution in [0.2, 0.25) is 0 Å². The number of halogens is 1. The lowest BCUT2D eigenvalue weighted by Gasteiger charge is -2.20. The Hall–Kier alpha value is -1.85. The van der Waals surface area contributed by atoms with Crippen LogP contribution in [-0.4, -0.2) is 59.0 Å². The molecule has 1 atom stereocenters. The largest absolute Gasteiger partial charge is 0.369 e. The van der Waals surface area contributed by atoms with E-state index in [9.17, 15) is 8.42 Å². The number of aliphatic imine (C=N–C) groups is 1. The van der Waals surface area contributed by atoms with Crippen molar-refractivity contribution in [1.82, 2.24) is 14.9 Å². The minimum absolute atomic E-state index is 0. The third-order valence-corrected chi connectivity index (χ3v) is 6.87. The molecule has 0 saturated carbocycles.